The number of nitrogens with two attached hydrogens (primary N) is 1. The Labute approximate surface area is 355 Å². The van der Waals surface area contributed by atoms with Crippen LogP contribution in [0.25, 0.3) is 11.3 Å². The molecule has 1 aromatic heterocycles. The molecule has 2 aromatic rings. The molecule has 334 valence electrons. The van der Waals surface area contributed by atoms with Crippen LogP contribution in [0.3, 0.4) is 0 Å². The third-order valence-corrected chi connectivity index (χ3v) is 12.7. The van der Waals surface area contributed by atoms with Gasteiger partial charge in [-0.1, -0.05) is 37.3 Å². The lowest BCUT2D eigenvalue weighted by Crippen LogP contribution is -2.61. The number of anilines is 1. The fourth-order valence-corrected chi connectivity index (χ4v) is 9.16. The second-order valence-corrected chi connectivity index (χ2v) is 17.7. The zero-order valence-corrected chi connectivity index (χ0v) is 37.0. The maximum Gasteiger partial charge on any atom is 0.410 e. The van der Waals surface area contributed by atoms with Gasteiger partial charge in [-0.2, -0.15) is 0 Å². The number of carbonyl (C=O) groups is 3. The Bertz CT molecular complexity index is 1780. The van der Waals surface area contributed by atoms with Gasteiger partial charge in [0.1, 0.15) is 29.6 Å². The summed E-state index contributed by atoms with van der Waals surface area (Å²) in [4.78, 5) is 45.7. The predicted molar refractivity (Wildman–Crippen MR) is 227 cm³/mol. The molecule has 0 spiro atoms. The number of rotatable bonds is 13. The highest BCUT2D eigenvalue weighted by atomic mass is 16.7. The van der Waals surface area contributed by atoms with Gasteiger partial charge < -0.3 is 44.7 Å². The summed E-state index contributed by atoms with van der Waals surface area (Å²) in [6.45, 7) is 16.6. The Hall–Kier alpha value is -3.93. The van der Waals surface area contributed by atoms with Crippen LogP contribution in [0.15, 0.2) is 43.1 Å². The van der Waals surface area contributed by atoms with Crippen molar-refractivity contribution >= 4 is 23.5 Å². The third-order valence-electron chi connectivity index (χ3n) is 12.7. The van der Waals surface area contributed by atoms with Crippen LogP contribution in [-0.4, -0.2) is 142 Å². The molecule has 3 fully saturated rings. The van der Waals surface area contributed by atoms with Gasteiger partial charge in [0.05, 0.1) is 30.0 Å². The summed E-state index contributed by atoms with van der Waals surface area (Å²) in [5.41, 5.74) is 5.91. The summed E-state index contributed by atoms with van der Waals surface area (Å²) in [5.74, 6) is -2.34. The van der Waals surface area contributed by atoms with Crippen LogP contribution in [0.2, 0.25) is 0 Å². The molecule has 4 heterocycles. The van der Waals surface area contributed by atoms with Crippen molar-refractivity contribution in [3.8, 4) is 11.3 Å². The van der Waals surface area contributed by atoms with Gasteiger partial charge in [-0.3, -0.25) is 19.2 Å². The first-order valence-corrected chi connectivity index (χ1v) is 21.5. The number of aliphatic hydroxyl groups excluding tert-OH is 1. The number of hydrogen-bond acceptors (Lipinski definition) is 14. The van der Waals surface area contributed by atoms with E-state index in [1.165, 1.54) is 6.92 Å². The highest BCUT2D eigenvalue weighted by molar-refractivity contribution is 5.99. The van der Waals surface area contributed by atoms with Gasteiger partial charge in [0.2, 0.25) is 0 Å². The normalized spacial score (nSPS) is 34.7. The van der Waals surface area contributed by atoms with Gasteiger partial charge in [-0.25, -0.2) is 4.79 Å². The number of fused-ring (bicyclic) bond motifs is 1. The van der Waals surface area contributed by atoms with Crippen molar-refractivity contribution in [2.24, 2.45) is 11.8 Å². The second-order valence-electron chi connectivity index (χ2n) is 17.7. The number of aryl methyl sites for hydroxylation is 1. The molecular formula is C44H69N7O9. The first kappa shape index (κ1) is 47.1. The number of nitrogen functional groups attached to an aromatic ring is 1. The van der Waals surface area contributed by atoms with E-state index >= 15 is 0 Å². The number of nitrogens with zero attached hydrogens (tertiary/aromatic N) is 5. The minimum atomic E-state index is -1.27. The molecule has 0 saturated carbocycles. The minimum Gasteiger partial charge on any atom is -0.458 e. The maximum absolute atomic E-state index is 14.1. The number of hydrogen-bond donors (Lipinski definition) is 3. The van der Waals surface area contributed by atoms with Gasteiger partial charge in [0.25, 0.3) is 0 Å². The lowest BCUT2D eigenvalue weighted by Gasteiger charge is -2.45. The van der Waals surface area contributed by atoms with Gasteiger partial charge in [-0.05, 0) is 105 Å². The Morgan fingerprint density at radius 3 is 2.55 bits per heavy atom. The molecule has 3 aliphatic rings. The molecule has 1 amide bonds. The van der Waals surface area contributed by atoms with Crippen molar-refractivity contribution in [3.05, 3.63) is 43.1 Å². The lowest BCUT2D eigenvalue weighted by molar-refractivity contribution is -0.289. The van der Waals surface area contributed by atoms with E-state index in [0.717, 1.165) is 11.3 Å². The average molecular weight is 840 g/mol. The summed E-state index contributed by atoms with van der Waals surface area (Å²) >= 11 is 0. The lowest BCUT2D eigenvalue weighted by atomic mass is 9.82. The smallest absolute Gasteiger partial charge is 0.410 e. The van der Waals surface area contributed by atoms with E-state index < -0.39 is 65.6 Å². The van der Waals surface area contributed by atoms with Crippen LogP contribution in [0.5, 0.6) is 0 Å². The van der Waals surface area contributed by atoms with Crippen LogP contribution in [-0.2, 0) is 39.8 Å². The Balaban J connectivity index is 1.40. The number of nitrogens with one attached hydrogen (secondary N) is 1. The molecule has 4 N–H and O–H groups in total. The first-order valence-electron chi connectivity index (χ1n) is 21.5. The van der Waals surface area contributed by atoms with Crippen LogP contribution in [0, 0.1) is 11.8 Å². The number of ether oxygens (including phenoxy) is 5. The fourth-order valence-electron chi connectivity index (χ4n) is 9.16. The summed E-state index contributed by atoms with van der Waals surface area (Å²) in [6.07, 6.45) is 2.22. The predicted octanol–water partition coefficient (Wildman–Crippen LogP) is 4.59. The molecule has 16 nitrogen and oxygen atoms in total. The van der Waals surface area contributed by atoms with Gasteiger partial charge in [0, 0.05) is 50.0 Å². The zero-order valence-electron chi connectivity index (χ0n) is 37.0. The number of ketones is 1. The van der Waals surface area contributed by atoms with Crippen LogP contribution in [0.1, 0.15) is 86.5 Å². The Morgan fingerprint density at radius 1 is 1.15 bits per heavy atom. The third kappa shape index (κ3) is 10.7. The van der Waals surface area contributed by atoms with Crippen molar-refractivity contribution in [1.29, 1.82) is 0 Å². The number of amides is 1. The van der Waals surface area contributed by atoms with Crippen LogP contribution < -0.4 is 11.1 Å². The van der Waals surface area contributed by atoms with Crippen LogP contribution >= 0.6 is 0 Å². The fraction of sp³-hybridized carbons (Fsp3) is 0.705. The van der Waals surface area contributed by atoms with Crippen molar-refractivity contribution in [1.82, 2.24) is 30.1 Å². The quantitative estimate of drug-likeness (QED) is 0.0834. The maximum atomic E-state index is 14.1. The number of carbonyl (C=O) groups excluding carboxylic acids is 3. The molecule has 12 atom stereocenters. The molecule has 16 heteroatoms. The molecule has 0 aliphatic carbocycles. The summed E-state index contributed by atoms with van der Waals surface area (Å²) in [6, 6.07) is 6.35. The highest BCUT2D eigenvalue weighted by Crippen LogP contribution is 2.40. The Kier molecular flexibility index (Phi) is 15.9. The monoisotopic (exact) mass is 840 g/mol. The second kappa shape index (κ2) is 20.3. The zero-order chi connectivity index (χ0) is 43.9. The number of aliphatic hydroxyl groups is 1. The topological polar surface area (TPSA) is 193 Å². The molecule has 3 saturated heterocycles. The van der Waals surface area contributed by atoms with E-state index in [2.05, 4.69) is 29.1 Å². The average Bonchev–Trinajstić information content (AvgIpc) is 3.78. The highest BCUT2D eigenvalue weighted by Gasteiger charge is 2.59. The largest absolute Gasteiger partial charge is 0.458 e. The number of methoxy groups -OCH3 is 1. The van der Waals surface area contributed by atoms with Crippen molar-refractivity contribution in [2.75, 3.05) is 40.0 Å². The molecule has 60 heavy (non-hydrogen) atoms. The van der Waals surface area contributed by atoms with Crippen molar-refractivity contribution < 1.29 is 43.2 Å². The number of benzene rings is 1. The van der Waals surface area contributed by atoms with E-state index in [1.54, 1.807) is 16.7 Å². The molecule has 1 aromatic carbocycles. The number of aromatic nitrogens is 3. The van der Waals surface area contributed by atoms with Crippen LogP contribution in [0.4, 0.5) is 10.5 Å². The van der Waals surface area contributed by atoms with Gasteiger partial charge >= 0.3 is 12.1 Å². The molecule has 0 radical (unpaired) electrons. The van der Waals surface area contributed by atoms with Gasteiger partial charge in [0.15, 0.2) is 11.9 Å². The van der Waals surface area contributed by atoms with E-state index in [-0.39, 0.29) is 30.5 Å². The van der Waals surface area contributed by atoms with Gasteiger partial charge in [-0.15, -0.1) is 11.7 Å². The van der Waals surface area contributed by atoms with E-state index in [0.29, 0.717) is 63.8 Å². The number of likely N-dealkylation sites (N-methyl/N-ethyl adjacent to an activating group) is 1. The van der Waals surface area contributed by atoms with Crippen molar-refractivity contribution in [3.63, 3.8) is 0 Å². The summed E-state index contributed by atoms with van der Waals surface area (Å²) in [7, 11) is 5.37. The first-order chi connectivity index (χ1) is 28.4. The standard InChI is InChI=1S/C44H69N7O9/c1-11-16-32-39-44(7,60-42(55)51(39)20-14-13-19-50-26-33(47-48-50)30-17-15-18-31(45)22-30)36(12-2)58-40(54)29(5)35(52)23-37(43(6,56-10)24-27(3)25-46-32)59-41-38(53)34(49(8)9)21-28(4)57-41/h11,15,17-18,22,26-29,32,34,36-39,41,46,53H,1,12-14,16,19-21,23-25,45H2,2-10H3/t27-,28-,29-,32-,34?,36-,37-,38-,39-,41+,43-,44-/m1/s1. The van der Waals surface area contributed by atoms with E-state index in [1.807, 2.05) is 83.2 Å². The molecule has 5 rings (SSSR count). The molecule has 0 bridgehead atoms. The number of unbranched alkanes of at least 4 members (excludes halogenated alkanes) is 1. The number of esters is 1. The Morgan fingerprint density at radius 2 is 1.88 bits per heavy atom. The number of Topliss-reactive ketones (excluding diaryl/α,β-unsaturated/α-hetero) is 1. The van der Waals surface area contributed by atoms with E-state index in [4.69, 9.17) is 29.4 Å². The number of cyclic esters (lactones) is 1. The molecule has 1 unspecified atom stereocenters. The molecular weight excluding hydrogens is 771 g/mol. The van der Waals surface area contributed by atoms with E-state index in [9.17, 15) is 19.5 Å². The summed E-state index contributed by atoms with van der Waals surface area (Å²) < 4.78 is 33.2. The SMILES string of the molecule is C=CC[C@H]1NC[C@H](C)C[C@@](C)(OC)[C@H](O[C@@H]2O[C@H](C)CC(N(C)C)[C@H]2O)CC(=O)[C@@H](C)C(=O)O[C@H](CC)[C@@]2(C)OC(=O)N(CCCCn3cc(-c4cccc(N)c4)nn3)[C@H]12. The van der Waals surface area contributed by atoms with Crippen molar-refractivity contribution in [2.45, 2.75) is 153 Å². The minimum absolute atomic E-state index is 0.0332. The molecule has 3 aliphatic heterocycles. The summed E-state index contributed by atoms with van der Waals surface area (Å²) in [5, 5.41) is 23.8.